The Morgan fingerprint density at radius 3 is 2.42 bits per heavy atom. The molecule has 0 aromatic heterocycles. The quantitative estimate of drug-likeness (QED) is 0.652. The van der Waals surface area contributed by atoms with Gasteiger partial charge in [-0.3, -0.25) is 9.59 Å². The lowest BCUT2D eigenvalue weighted by Crippen LogP contribution is -2.14. The van der Waals surface area contributed by atoms with Crippen molar-refractivity contribution < 1.29 is 23.5 Å². The number of ketones is 1. The van der Waals surface area contributed by atoms with Crippen LogP contribution in [0.15, 0.2) is 48.5 Å². The molecule has 2 aromatic rings. The van der Waals surface area contributed by atoms with Crippen molar-refractivity contribution in [1.29, 1.82) is 0 Å². The Morgan fingerprint density at radius 2 is 1.75 bits per heavy atom. The van der Waals surface area contributed by atoms with Gasteiger partial charge in [-0.2, -0.15) is 0 Å². The molecule has 0 atom stereocenters. The van der Waals surface area contributed by atoms with Gasteiger partial charge in [-0.1, -0.05) is 30.3 Å². The van der Waals surface area contributed by atoms with Crippen LogP contribution in [-0.2, 0) is 9.53 Å². The zero-order valence-corrected chi connectivity index (χ0v) is 13.0. The van der Waals surface area contributed by atoms with Crippen LogP contribution in [0.2, 0.25) is 0 Å². The molecular weight excluding hydrogens is 313 g/mol. The van der Waals surface area contributed by atoms with Gasteiger partial charge in [-0.05, 0) is 18.2 Å². The third kappa shape index (κ3) is 4.49. The number of nitrogens with one attached hydrogen (secondary N) is 1. The van der Waals surface area contributed by atoms with Gasteiger partial charge < -0.3 is 10.1 Å². The SMILES string of the molecule is COC(=O)c1cc(NC(=O)CCC(=O)c2ccccc2)ccc1F. The van der Waals surface area contributed by atoms with E-state index >= 15 is 0 Å². The number of hydrogen-bond donors (Lipinski definition) is 1. The highest BCUT2D eigenvalue weighted by molar-refractivity contribution is 6.00. The van der Waals surface area contributed by atoms with E-state index in [4.69, 9.17) is 0 Å². The summed E-state index contributed by atoms with van der Waals surface area (Å²) in [5.74, 6) is -2.11. The average Bonchev–Trinajstić information content (AvgIpc) is 2.61. The number of Topliss-reactive ketones (excluding diaryl/α,β-unsaturated/α-hetero) is 1. The molecule has 0 radical (unpaired) electrons. The topological polar surface area (TPSA) is 72.5 Å². The Kier molecular flexibility index (Phi) is 5.78. The second kappa shape index (κ2) is 8.01. The smallest absolute Gasteiger partial charge is 0.340 e. The van der Waals surface area contributed by atoms with Gasteiger partial charge in [0.2, 0.25) is 5.91 Å². The first-order chi connectivity index (χ1) is 11.5. The number of amides is 1. The van der Waals surface area contributed by atoms with Gasteiger partial charge in [0.25, 0.3) is 0 Å². The van der Waals surface area contributed by atoms with Crippen LogP contribution >= 0.6 is 0 Å². The molecule has 0 aliphatic carbocycles. The van der Waals surface area contributed by atoms with Gasteiger partial charge in [-0.15, -0.1) is 0 Å². The van der Waals surface area contributed by atoms with E-state index < -0.39 is 17.7 Å². The van der Waals surface area contributed by atoms with Gasteiger partial charge in [0.1, 0.15) is 5.82 Å². The lowest BCUT2D eigenvalue weighted by atomic mass is 10.1. The summed E-state index contributed by atoms with van der Waals surface area (Å²) in [5.41, 5.74) is 0.532. The maximum atomic E-state index is 13.5. The van der Waals surface area contributed by atoms with Crippen LogP contribution in [0.1, 0.15) is 33.6 Å². The van der Waals surface area contributed by atoms with Crippen LogP contribution < -0.4 is 5.32 Å². The molecule has 124 valence electrons. The van der Waals surface area contributed by atoms with Gasteiger partial charge >= 0.3 is 5.97 Å². The van der Waals surface area contributed by atoms with E-state index in [1.807, 2.05) is 0 Å². The lowest BCUT2D eigenvalue weighted by molar-refractivity contribution is -0.116. The third-order valence-electron chi connectivity index (χ3n) is 3.33. The fourth-order valence-electron chi connectivity index (χ4n) is 2.09. The number of esters is 1. The van der Waals surface area contributed by atoms with E-state index in [1.165, 1.54) is 12.1 Å². The largest absolute Gasteiger partial charge is 0.465 e. The Hall–Kier alpha value is -3.02. The van der Waals surface area contributed by atoms with Gasteiger partial charge in [0, 0.05) is 24.1 Å². The molecule has 24 heavy (non-hydrogen) atoms. The van der Waals surface area contributed by atoms with Crippen molar-refractivity contribution in [3.8, 4) is 0 Å². The second-order valence-corrected chi connectivity index (χ2v) is 5.02. The maximum Gasteiger partial charge on any atom is 0.340 e. The third-order valence-corrected chi connectivity index (χ3v) is 3.33. The van der Waals surface area contributed by atoms with Crippen molar-refractivity contribution in [1.82, 2.24) is 0 Å². The van der Waals surface area contributed by atoms with E-state index in [2.05, 4.69) is 10.1 Å². The van der Waals surface area contributed by atoms with Crippen molar-refractivity contribution >= 4 is 23.3 Å². The molecule has 0 unspecified atom stereocenters. The Balaban J connectivity index is 1.95. The minimum Gasteiger partial charge on any atom is -0.465 e. The summed E-state index contributed by atoms with van der Waals surface area (Å²) < 4.78 is 18.0. The highest BCUT2D eigenvalue weighted by Gasteiger charge is 2.14. The molecule has 0 aliphatic heterocycles. The van der Waals surface area contributed by atoms with Crippen LogP contribution in [0.5, 0.6) is 0 Å². The van der Waals surface area contributed by atoms with Crippen molar-refractivity contribution in [3.63, 3.8) is 0 Å². The summed E-state index contributed by atoms with van der Waals surface area (Å²) in [7, 11) is 1.14. The van der Waals surface area contributed by atoms with E-state index in [0.717, 1.165) is 13.2 Å². The van der Waals surface area contributed by atoms with E-state index in [1.54, 1.807) is 30.3 Å². The monoisotopic (exact) mass is 329 g/mol. The second-order valence-electron chi connectivity index (χ2n) is 5.02. The highest BCUT2D eigenvalue weighted by Crippen LogP contribution is 2.16. The molecule has 0 saturated heterocycles. The molecule has 2 aromatic carbocycles. The Labute approximate surface area is 138 Å². The number of carbonyl (C=O) groups is 3. The summed E-state index contributed by atoms with van der Waals surface area (Å²) in [5, 5.41) is 2.53. The Bertz CT molecular complexity index is 759. The van der Waals surface area contributed by atoms with Crippen molar-refractivity contribution in [3.05, 3.63) is 65.5 Å². The number of halogens is 1. The Morgan fingerprint density at radius 1 is 1.04 bits per heavy atom. The number of benzene rings is 2. The molecular formula is C18H16FNO4. The van der Waals surface area contributed by atoms with E-state index in [0.29, 0.717) is 5.56 Å². The molecule has 6 heteroatoms. The molecule has 0 spiro atoms. The molecule has 5 nitrogen and oxygen atoms in total. The van der Waals surface area contributed by atoms with Gasteiger partial charge in [0.05, 0.1) is 12.7 Å². The number of ether oxygens (including phenoxy) is 1. The number of carbonyl (C=O) groups excluding carboxylic acids is 3. The van der Waals surface area contributed by atoms with Gasteiger partial charge in [-0.25, -0.2) is 9.18 Å². The first kappa shape index (κ1) is 17.3. The minimum absolute atomic E-state index is 0.0152. The molecule has 0 bridgehead atoms. The van der Waals surface area contributed by atoms with Crippen LogP contribution in [0.25, 0.3) is 0 Å². The predicted octanol–water partition coefficient (Wildman–Crippen LogP) is 3.21. The highest BCUT2D eigenvalue weighted by atomic mass is 19.1. The molecule has 1 N–H and O–H groups in total. The van der Waals surface area contributed by atoms with Crippen LogP contribution in [-0.4, -0.2) is 24.8 Å². The first-order valence-electron chi connectivity index (χ1n) is 7.27. The van der Waals surface area contributed by atoms with Crippen LogP contribution in [0.4, 0.5) is 10.1 Å². The number of methoxy groups -OCH3 is 1. The fourth-order valence-corrected chi connectivity index (χ4v) is 2.09. The predicted molar refractivity (Wildman–Crippen MR) is 86.4 cm³/mol. The number of hydrogen-bond acceptors (Lipinski definition) is 4. The molecule has 0 fully saturated rings. The number of rotatable bonds is 6. The molecule has 0 aliphatic rings. The van der Waals surface area contributed by atoms with E-state index in [9.17, 15) is 18.8 Å². The normalized spacial score (nSPS) is 10.1. The minimum atomic E-state index is -0.831. The van der Waals surface area contributed by atoms with Crippen LogP contribution in [0.3, 0.4) is 0 Å². The zero-order chi connectivity index (χ0) is 17.5. The summed E-state index contributed by atoms with van der Waals surface area (Å²) in [4.78, 5) is 35.3. The molecule has 2 rings (SSSR count). The number of anilines is 1. The zero-order valence-electron chi connectivity index (χ0n) is 13.0. The summed E-state index contributed by atoms with van der Waals surface area (Å²) in [6, 6.07) is 12.3. The first-order valence-corrected chi connectivity index (χ1v) is 7.27. The van der Waals surface area contributed by atoms with E-state index in [-0.39, 0.29) is 29.9 Å². The standard InChI is InChI=1S/C18H16FNO4/c1-24-18(23)14-11-13(7-8-15(14)19)20-17(22)10-9-16(21)12-5-3-2-4-6-12/h2-8,11H,9-10H2,1H3,(H,20,22). The average molecular weight is 329 g/mol. The van der Waals surface area contributed by atoms with Crippen molar-refractivity contribution in [2.24, 2.45) is 0 Å². The summed E-state index contributed by atoms with van der Waals surface area (Å²) >= 11 is 0. The molecule has 1 amide bonds. The summed E-state index contributed by atoms with van der Waals surface area (Å²) in [6.07, 6.45) is 0.0412. The molecule has 0 heterocycles. The fraction of sp³-hybridized carbons (Fsp3) is 0.167. The van der Waals surface area contributed by atoms with Gasteiger partial charge in [0.15, 0.2) is 5.78 Å². The lowest BCUT2D eigenvalue weighted by Gasteiger charge is -2.07. The summed E-state index contributed by atoms with van der Waals surface area (Å²) in [6.45, 7) is 0. The van der Waals surface area contributed by atoms with Crippen molar-refractivity contribution in [2.75, 3.05) is 12.4 Å². The maximum absolute atomic E-state index is 13.5. The van der Waals surface area contributed by atoms with Crippen molar-refractivity contribution in [2.45, 2.75) is 12.8 Å². The van der Waals surface area contributed by atoms with Crippen LogP contribution in [0, 0.1) is 5.82 Å². The molecule has 0 saturated carbocycles.